The number of amides is 1. The van der Waals surface area contributed by atoms with Crippen LogP contribution < -0.4 is 10.2 Å². The number of phosphoric ester groups is 1. The normalized spacial score (nSPS) is 15.3. The van der Waals surface area contributed by atoms with Gasteiger partial charge in [-0.2, -0.15) is 0 Å². The number of nitrogens with zero attached hydrogens (tertiary/aromatic N) is 1. The van der Waals surface area contributed by atoms with Crippen molar-refractivity contribution < 1.29 is 32.9 Å². The van der Waals surface area contributed by atoms with E-state index < -0.39 is 26.6 Å². The molecule has 0 bridgehead atoms. The van der Waals surface area contributed by atoms with E-state index in [4.69, 9.17) is 9.05 Å². The molecule has 0 radical (unpaired) electrons. The van der Waals surface area contributed by atoms with Gasteiger partial charge in [-0.25, -0.2) is 0 Å². The van der Waals surface area contributed by atoms with Crippen molar-refractivity contribution in [3.63, 3.8) is 0 Å². The van der Waals surface area contributed by atoms with Gasteiger partial charge in [0.1, 0.15) is 13.2 Å². The van der Waals surface area contributed by atoms with Gasteiger partial charge in [0.15, 0.2) is 0 Å². The van der Waals surface area contributed by atoms with Gasteiger partial charge in [-0.3, -0.25) is 9.36 Å². The quantitative estimate of drug-likeness (QED) is 0.0276. The number of likely N-dealkylation sites (N-methyl/N-ethyl adjacent to an activating group) is 1. The molecule has 0 aliphatic rings. The third kappa shape index (κ3) is 43.1. The zero-order valence-corrected chi connectivity index (χ0v) is 38.8. The molecule has 0 rings (SSSR count). The molecule has 9 heteroatoms. The minimum Gasteiger partial charge on any atom is -0.756 e. The second kappa shape index (κ2) is 40.6. The molecule has 0 fully saturated rings. The Labute approximate surface area is 361 Å². The van der Waals surface area contributed by atoms with Crippen molar-refractivity contribution in [1.82, 2.24) is 5.32 Å². The number of aliphatic hydroxyl groups excluding tert-OH is 1. The lowest BCUT2D eigenvalue weighted by Crippen LogP contribution is -2.45. The Balaban J connectivity index is 4.52. The molecule has 336 valence electrons. The monoisotopic (exact) mass is 841 g/mol. The predicted molar refractivity (Wildman–Crippen MR) is 251 cm³/mol. The third-order valence-electron chi connectivity index (χ3n) is 9.19. The summed E-state index contributed by atoms with van der Waals surface area (Å²) in [6.45, 7) is 4.42. The first-order valence-electron chi connectivity index (χ1n) is 22.7. The van der Waals surface area contributed by atoms with Crippen LogP contribution in [0.25, 0.3) is 0 Å². The molecule has 0 saturated carbocycles. The summed E-state index contributed by atoms with van der Waals surface area (Å²) in [6.07, 6.45) is 58.5. The molecule has 0 aromatic rings. The largest absolute Gasteiger partial charge is 0.756 e. The molecular formula is C50H85N2O6P. The molecule has 0 heterocycles. The zero-order chi connectivity index (χ0) is 43.6. The molecule has 3 unspecified atom stereocenters. The van der Waals surface area contributed by atoms with Gasteiger partial charge in [-0.1, -0.05) is 155 Å². The molecule has 0 saturated heterocycles. The van der Waals surface area contributed by atoms with Crippen LogP contribution in [-0.2, 0) is 18.4 Å². The van der Waals surface area contributed by atoms with Gasteiger partial charge in [0.2, 0.25) is 5.91 Å². The van der Waals surface area contributed by atoms with E-state index in [1.165, 1.54) is 25.7 Å². The lowest BCUT2D eigenvalue weighted by molar-refractivity contribution is -0.870. The maximum Gasteiger partial charge on any atom is 0.268 e. The molecule has 2 N–H and O–H groups in total. The first-order chi connectivity index (χ1) is 28.5. The van der Waals surface area contributed by atoms with Crippen LogP contribution in [-0.4, -0.2) is 68.5 Å². The van der Waals surface area contributed by atoms with Crippen molar-refractivity contribution in [3.05, 3.63) is 109 Å². The average Bonchev–Trinajstić information content (AvgIpc) is 3.19. The van der Waals surface area contributed by atoms with E-state index in [2.05, 4.69) is 116 Å². The van der Waals surface area contributed by atoms with Crippen LogP contribution >= 0.6 is 7.82 Å². The molecule has 1 amide bonds. The van der Waals surface area contributed by atoms with E-state index in [-0.39, 0.29) is 12.5 Å². The van der Waals surface area contributed by atoms with Crippen LogP contribution in [0.15, 0.2) is 109 Å². The number of quaternary nitrogens is 1. The number of rotatable bonds is 39. The fraction of sp³-hybridized carbons (Fsp3) is 0.620. The Morgan fingerprint density at radius 1 is 0.610 bits per heavy atom. The Bertz CT molecular complexity index is 1320. The number of carbonyl (C=O) groups excluding carboxylic acids is 1. The van der Waals surface area contributed by atoms with Gasteiger partial charge < -0.3 is 28.8 Å². The number of hydrogen-bond donors (Lipinski definition) is 2. The number of phosphoric acid groups is 1. The van der Waals surface area contributed by atoms with E-state index in [9.17, 15) is 19.4 Å². The number of unbranched alkanes of at least 4 members (excludes halogenated alkanes) is 10. The lowest BCUT2D eigenvalue weighted by atomic mass is 10.1. The smallest absolute Gasteiger partial charge is 0.268 e. The van der Waals surface area contributed by atoms with Gasteiger partial charge in [0.05, 0.1) is 39.9 Å². The van der Waals surface area contributed by atoms with E-state index in [1.54, 1.807) is 6.08 Å². The highest BCUT2D eigenvalue weighted by atomic mass is 31.2. The van der Waals surface area contributed by atoms with E-state index in [1.807, 2.05) is 27.2 Å². The second-order valence-corrected chi connectivity index (χ2v) is 17.4. The highest BCUT2D eigenvalue weighted by Gasteiger charge is 2.23. The number of nitrogens with one attached hydrogen (secondary N) is 1. The van der Waals surface area contributed by atoms with Crippen molar-refractivity contribution in [2.45, 2.75) is 161 Å². The standard InChI is InChI=1S/C50H85N2O6P/c1-6-8-10-12-14-16-18-20-22-23-24-25-26-27-28-29-30-32-34-36-38-40-42-44-50(54)51-48(47-58-59(55,56)57-46-45-52(3,4)5)49(53)43-41-39-37-35-33-31-21-19-17-15-13-11-9-7-2/h8,10,14,16-17,19-20,22,24-25,27-28,30,32-33,35,41,43,48-49,53H,6-7,9,11-13,15,18,21,23,26,29,31,34,36-40,42,44-47H2,1-5H3,(H-,51,54,55,56)/b10-8-,16-14-,19-17+,22-20-,25-24-,28-27-,32-30-,35-33+,43-41+. The number of aliphatic hydroxyl groups is 1. The minimum atomic E-state index is -4.61. The van der Waals surface area contributed by atoms with E-state index in [0.717, 1.165) is 96.3 Å². The summed E-state index contributed by atoms with van der Waals surface area (Å²) in [5.41, 5.74) is 0. The summed E-state index contributed by atoms with van der Waals surface area (Å²) in [7, 11) is 1.19. The van der Waals surface area contributed by atoms with Crippen molar-refractivity contribution in [1.29, 1.82) is 0 Å². The summed E-state index contributed by atoms with van der Waals surface area (Å²) < 4.78 is 23.2. The maximum absolute atomic E-state index is 12.9. The van der Waals surface area contributed by atoms with Crippen LogP contribution in [0.5, 0.6) is 0 Å². The lowest BCUT2D eigenvalue weighted by Gasteiger charge is -2.29. The highest BCUT2D eigenvalue weighted by Crippen LogP contribution is 2.38. The van der Waals surface area contributed by atoms with Crippen LogP contribution in [0.2, 0.25) is 0 Å². The third-order valence-corrected chi connectivity index (χ3v) is 10.2. The van der Waals surface area contributed by atoms with Crippen molar-refractivity contribution >= 4 is 13.7 Å². The van der Waals surface area contributed by atoms with E-state index >= 15 is 0 Å². The molecule has 0 aliphatic carbocycles. The fourth-order valence-corrected chi connectivity index (χ4v) is 6.32. The second-order valence-electron chi connectivity index (χ2n) is 16.0. The summed E-state index contributed by atoms with van der Waals surface area (Å²) in [6, 6.07) is -0.930. The first kappa shape index (κ1) is 56.2. The maximum atomic E-state index is 12.9. The van der Waals surface area contributed by atoms with Crippen LogP contribution in [0.1, 0.15) is 149 Å². The van der Waals surface area contributed by atoms with Gasteiger partial charge in [0, 0.05) is 6.42 Å². The predicted octanol–water partition coefficient (Wildman–Crippen LogP) is 12.3. The number of allylic oxidation sites excluding steroid dienone is 17. The Morgan fingerprint density at radius 3 is 1.56 bits per heavy atom. The van der Waals surface area contributed by atoms with Crippen LogP contribution in [0.4, 0.5) is 0 Å². The Hall–Kier alpha value is -2.84. The number of carbonyl (C=O) groups is 1. The number of hydrogen-bond acceptors (Lipinski definition) is 6. The van der Waals surface area contributed by atoms with Crippen molar-refractivity contribution in [2.24, 2.45) is 0 Å². The van der Waals surface area contributed by atoms with Gasteiger partial charge >= 0.3 is 0 Å². The summed E-state index contributed by atoms with van der Waals surface area (Å²) in [4.78, 5) is 25.3. The Kier molecular flexibility index (Phi) is 38.6. The molecule has 0 aromatic carbocycles. The molecule has 0 aliphatic heterocycles. The molecule has 59 heavy (non-hydrogen) atoms. The highest BCUT2D eigenvalue weighted by molar-refractivity contribution is 7.45. The van der Waals surface area contributed by atoms with E-state index in [0.29, 0.717) is 23.9 Å². The summed E-state index contributed by atoms with van der Waals surface area (Å²) >= 11 is 0. The SMILES string of the molecule is CC/C=C\C/C=C\C/C=C\C/C=C\C/C=C\C/C=C\CCCCCCC(=O)NC(COP(=O)([O-])OCC[N+](C)(C)C)C(O)/C=C/CC/C=C/CC/C=C/CCCCCC. The van der Waals surface area contributed by atoms with Crippen LogP contribution in [0.3, 0.4) is 0 Å². The average molecular weight is 841 g/mol. The molecule has 8 nitrogen and oxygen atoms in total. The van der Waals surface area contributed by atoms with Crippen molar-refractivity contribution in [2.75, 3.05) is 40.9 Å². The van der Waals surface area contributed by atoms with Gasteiger partial charge in [-0.05, 0) is 96.3 Å². The van der Waals surface area contributed by atoms with Gasteiger partial charge in [-0.15, -0.1) is 0 Å². The Morgan fingerprint density at radius 2 is 1.05 bits per heavy atom. The molecular weight excluding hydrogens is 756 g/mol. The zero-order valence-electron chi connectivity index (χ0n) is 37.9. The summed E-state index contributed by atoms with van der Waals surface area (Å²) in [5, 5.41) is 13.7. The fourth-order valence-electron chi connectivity index (χ4n) is 5.60. The van der Waals surface area contributed by atoms with Crippen molar-refractivity contribution in [3.8, 4) is 0 Å². The van der Waals surface area contributed by atoms with Crippen LogP contribution in [0, 0.1) is 0 Å². The summed E-state index contributed by atoms with van der Waals surface area (Å²) in [5.74, 6) is -0.243. The van der Waals surface area contributed by atoms with Gasteiger partial charge in [0.25, 0.3) is 7.82 Å². The minimum absolute atomic E-state index is 0.0211. The molecule has 0 aromatic heterocycles. The molecule has 0 spiro atoms. The first-order valence-corrected chi connectivity index (χ1v) is 24.2. The molecule has 3 atom stereocenters. The topological polar surface area (TPSA) is 108 Å².